The average Bonchev–Trinajstić information content (AvgIpc) is 2.84. The molecular formula is C13H24. The number of hydrogen-bond acceptors (Lipinski definition) is 0. The van der Waals surface area contributed by atoms with Crippen LogP contribution in [-0.2, 0) is 0 Å². The van der Waals surface area contributed by atoms with Gasteiger partial charge >= 0.3 is 0 Å². The van der Waals surface area contributed by atoms with Crippen LogP contribution in [0.4, 0.5) is 0 Å². The minimum atomic E-state index is 0.671. The van der Waals surface area contributed by atoms with Crippen LogP contribution in [0.1, 0.15) is 47.5 Å². The molecule has 0 amide bonds. The minimum absolute atomic E-state index is 0.671. The smallest absolute Gasteiger partial charge is 0.0286 e. The minimum Gasteiger partial charge on any atom is -0.0625 e. The molecule has 0 bridgehead atoms. The molecule has 2 aliphatic rings. The number of rotatable bonds is 3. The van der Waals surface area contributed by atoms with Crippen molar-refractivity contribution in [3.8, 4) is 0 Å². The van der Waals surface area contributed by atoms with Gasteiger partial charge < -0.3 is 0 Å². The lowest BCUT2D eigenvalue weighted by atomic mass is 9.89. The van der Waals surface area contributed by atoms with Gasteiger partial charge in [-0.3, -0.25) is 0 Å². The normalized spacial score (nSPS) is 39.2. The Hall–Kier alpha value is 0. The highest BCUT2D eigenvalue weighted by Crippen LogP contribution is 2.70. The summed E-state index contributed by atoms with van der Waals surface area (Å²) >= 11 is 0. The first-order valence-corrected chi connectivity index (χ1v) is 5.96. The number of hydrogen-bond donors (Lipinski definition) is 0. The van der Waals surface area contributed by atoms with E-state index in [0.717, 1.165) is 29.6 Å². The first kappa shape index (κ1) is 9.55. The highest BCUT2D eigenvalue weighted by Gasteiger charge is 2.64. The second-order valence-corrected chi connectivity index (χ2v) is 6.31. The van der Waals surface area contributed by atoms with E-state index in [1.807, 2.05) is 0 Å². The first-order chi connectivity index (χ1) is 5.96. The molecular weight excluding hydrogens is 156 g/mol. The predicted molar refractivity (Wildman–Crippen MR) is 57.5 cm³/mol. The largest absolute Gasteiger partial charge is 0.0625 e. The fourth-order valence-corrected chi connectivity index (χ4v) is 3.49. The third-order valence-corrected chi connectivity index (χ3v) is 4.74. The average molecular weight is 180 g/mol. The highest BCUT2D eigenvalue weighted by molar-refractivity contribution is 5.12. The van der Waals surface area contributed by atoms with Gasteiger partial charge in [0.2, 0.25) is 0 Å². The maximum absolute atomic E-state index is 2.49. The van der Waals surface area contributed by atoms with Crippen LogP contribution in [-0.4, -0.2) is 0 Å². The molecule has 2 fully saturated rings. The molecule has 2 rings (SSSR count). The SMILES string of the molecule is CC(C)C(C)C1C(C2CC2)C1(C)C. The zero-order valence-corrected chi connectivity index (χ0v) is 9.80. The van der Waals surface area contributed by atoms with Gasteiger partial charge in [0.05, 0.1) is 0 Å². The van der Waals surface area contributed by atoms with E-state index in [2.05, 4.69) is 34.6 Å². The van der Waals surface area contributed by atoms with Crippen LogP contribution in [0.25, 0.3) is 0 Å². The maximum atomic E-state index is 2.49. The summed E-state index contributed by atoms with van der Waals surface area (Å²) in [7, 11) is 0. The summed E-state index contributed by atoms with van der Waals surface area (Å²) in [5.74, 6) is 5.01. The van der Waals surface area contributed by atoms with E-state index in [1.54, 1.807) is 0 Å². The van der Waals surface area contributed by atoms with Crippen LogP contribution in [0.5, 0.6) is 0 Å². The Labute approximate surface area is 83.1 Å². The zero-order valence-electron chi connectivity index (χ0n) is 9.80. The van der Waals surface area contributed by atoms with Crippen LogP contribution < -0.4 is 0 Å². The van der Waals surface area contributed by atoms with Crippen LogP contribution in [0, 0.1) is 35.0 Å². The molecule has 0 heteroatoms. The standard InChI is InChI=1S/C13H24/c1-8(2)9(3)11-12(10-6-7-10)13(11,4)5/h8-12H,6-7H2,1-5H3. The van der Waals surface area contributed by atoms with Crippen molar-refractivity contribution in [2.45, 2.75) is 47.5 Å². The van der Waals surface area contributed by atoms with Crippen molar-refractivity contribution in [1.82, 2.24) is 0 Å². The van der Waals surface area contributed by atoms with Gasteiger partial charge in [0, 0.05) is 0 Å². The fraction of sp³-hybridized carbons (Fsp3) is 1.00. The molecule has 2 aliphatic carbocycles. The van der Waals surface area contributed by atoms with Gasteiger partial charge in [0.25, 0.3) is 0 Å². The van der Waals surface area contributed by atoms with Crippen LogP contribution in [0.2, 0.25) is 0 Å². The summed E-state index contributed by atoms with van der Waals surface area (Å²) in [6.07, 6.45) is 3.05. The van der Waals surface area contributed by atoms with Crippen molar-refractivity contribution in [2.24, 2.45) is 35.0 Å². The van der Waals surface area contributed by atoms with Gasteiger partial charge in [-0.1, -0.05) is 34.6 Å². The van der Waals surface area contributed by atoms with Gasteiger partial charge in [0.15, 0.2) is 0 Å². The molecule has 0 aliphatic heterocycles. The van der Waals surface area contributed by atoms with Crippen LogP contribution >= 0.6 is 0 Å². The Kier molecular flexibility index (Phi) is 2.02. The molecule has 3 atom stereocenters. The van der Waals surface area contributed by atoms with E-state index in [1.165, 1.54) is 12.8 Å². The zero-order chi connectivity index (χ0) is 9.80. The topological polar surface area (TPSA) is 0 Å². The molecule has 0 N–H and O–H groups in total. The Morgan fingerprint density at radius 2 is 1.62 bits per heavy atom. The van der Waals surface area contributed by atoms with Gasteiger partial charge in [-0.15, -0.1) is 0 Å². The molecule has 0 spiro atoms. The molecule has 13 heavy (non-hydrogen) atoms. The highest BCUT2D eigenvalue weighted by atomic mass is 14.7. The van der Waals surface area contributed by atoms with Crippen molar-refractivity contribution in [3.63, 3.8) is 0 Å². The lowest BCUT2D eigenvalue weighted by Crippen LogP contribution is -2.10. The van der Waals surface area contributed by atoms with Crippen molar-refractivity contribution in [1.29, 1.82) is 0 Å². The lowest BCUT2D eigenvalue weighted by Gasteiger charge is -2.16. The summed E-state index contributed by atoms with van der Waals surface area (Å²) in [5, 5.41) is 0. The fourth-order valence-electron chi connectivity index (χ4n) is 3.49. The third-order valence-electron chi connectivity index (χ3n) is 4.74. The third kappa shape index (κ3) is 1.43. The molecule has 0 aromatic heterocycles. The van der Waals surface area contributed by atoms with E-state index in [9.17, 15) is 0 Å². The molecule has 2 saturated carbocycles. The molecule has 0 aromatic rings. The monoisotopic (exact) mass is 180 g/mol. The van der Waals surface area contributed by atoms with E-state index >= 15 is 0 Å². The Bertz CT molecular complexity index is 198. The second kappa shape index (κ2) is 2.74. The molecule has 3 unspecified atom stereocenters. The summed E-state index contributed by atoms with van der Waals surface area (Å²) in [6.45, 7) is 12.2. The second-order valence-electron chi connectivity index (χ2n) is 6.31. The van der Waals surface area contributed by atoms with Crippen LogP contribution in [0.15, 0.2) is 0 Å². The Morgan fingerprint density at radius 3 is 2.00 bits per heavy atom. The molecule has 0 saturated heterocycles. The quantitative estimate of drug-likeness (QED) is 0.616. The van der Waals surface area contributed by atoms with Crippen molar-refractivity contribution in [2.75, 3.05) is 0 Å². The molecule has 0 radical (unpaired) electrons. The van der Waals surface area contributed by atoms with E-state index in [-0.39, 0.29) is 0 Å². The van der Waals surface area contributed by atoms with E-state index < -0.39 is 0 Å². The van der Waals surface area contributed by atoms with E-state index in [0.29, 0.717) is 5.41 Å². The molecule has 0 heterocycles. The van der Waals surface area contributed by atoms with Gasteiger partial charge in [-0.25, -0.2) is 0 Å². The summed E-state index contributed by atoms with van der Waals surface area (Å²) in [6, 6.07) is 0. The molecule has 76 valence electrons. The Morgan fingerprint density at radius 1 is 1.08 bits per heavy atom. The van der Waals surface area contributed by atoms with Gasteiger partial charge in [-0.2, -0.15) is 0 Å². The molecule has 0 aromatic carbocycles. The Balaban J connectivity index is 2.01. The van der Waals surface area contributed by atoms with Crippen LogP contribution in [0.3, 0.4) is 0 Å². The predicted octanol–water partition coefficient (Wildman–Crippen LogP) is 3.96. The molecule has 0 nitrogen and oxygen atoms in total. The van der Waals surface area contributed by atoms with Gasteiger partial charge in [-0.05, 0) is 47.8 Å². The van der Waals surface area contributed by atoms with Crippen molar-refractivity contribution < 1.29 is 0 Å². The first-order valence-electron chi connectivity index (χ1n) is 5.96. The van der Waals surface area contributed by atoms with Gasteiger partial charge in [0.1, 0.15) is 0 Å². The summed E-state index contributed by atoms with van der Waals surface area (Å²) < 4.78 is 0. The maximum Gasteiger partial charge on any atom is -0.0286 e. The van der Waals surface area contributed by atoms with E-state index in [4.69, 9.17) is 0 Å². The summed E-state index contributed by atoms with van der Waals surface area (Å²) in [5.41, 5.74) is 0.671. The van der Waals surface area contributed by atoms with Crippen molar-refractivity contribution >= 4 is 0 Å². The van der Waals surface area contributed by atoms with Crippen molar-refractivity contribution in [3.05, 3.63) is 0 Å². The summed E-state index contributed by atoms with van der Waals surface area (Å²) in [4.78, 5) is 0. The lowest BCUT2D eigenvalue weighted by molar-refractivity contribution is 0.324.